The van der Waals surface area contributed by atoms with Crippen molar-refractivity contribution in [2.45, 2.75) is 19.8 Å². The molecule has 3 N–H and O–H groups in total. The molecule has 0 radical (unpaired) electrons. The van der Waals surface area contributed by atoms with Crippen molar-refractivity contribution < 1.29 is 4.79 Å². The lowest BCUT2D eigenvalue weighted by Gasteiger charge is -2.06. The molecule has 1 rings (SSSR count). The highest BCUT2D eigenvalue weighted by Crippen LogP contribution is 2.06. The van der Waals surface area contributed by atoms with Crippen LogP contribution >= 0.6 is 0 Å². The molecule has 1 aromatic carbocycles. The number of aryl methyl sites for hydroxylation is 1. The Labute approximate surface area is 90.7 Å². The molecule has 0 saturated carbocycles. The van der Waals surface area contributed by atoms with Crippen molar-refractivity contribution >= 4 is 5.91 Å². The minimum atomic E-state index is -0.251. The number of amides is 1. The lowest BCUT2D eigenvalue weighted by Crippen LogP contribution is -2.23. The van der Waals surface area contributed by atoms with Crippen LogP contribution in [-0.4, -0.2) is 19.0 Å². The number of benzene rings is 1. The van der Waals surface area contributed by atoms with E-state index < -0.39 is 0 Å². The number of hydrogen-bond acceptors (Lipinski definition) is 2. The van der Waals surface area contributed by atoms with Gasteiger partial charge in [-0.15, -0.1) is 0 Å². The molecule has 0 aliphatic carbocycles. The monoisotopic (exact) mass is 206 g/mol. The summed E-state index contributed by atoms with van der Waals surface area (Å²) in [6.07, 6.45) is 1.40. The Kier molecular flexibility index (Phi) is 4.84. The van der Waals surface area contributed by atoms with Crippen LogP contribution in [0, 0.1) is 6.92 Å². The van der Waals surface area contributed by atoms with E-state index in [1.54, 1.807) is 0 Å². The minimum absolute atomic E-state index is 0.251. The molecule has 0 bridgehead atoms. The third kappa shape index (κ3) is 4.61. The molecule has 3 heteroatoms. The van der Waals surface area contributed by atoms with Gasteiger partial charge in [0, 0.05) is 13.0 Å². The van der Waals surface area contributed by atoms with Crippen LogP contribution in [0.1, 0.15) is 17.5 Å². The van der Waals surface area contributed by atoms with Crippen molar-refractivity contribution in [3.8, 4) is 0 Å². The molecule has 1 aromatic rings. The Morgan fingerprint density at radius 2 is 2.07 bits per heavy atom. The molecule has 0 atom stereocenters. The molecule has 15 heavy (non-hydrogen) atoms. The zero-order valence-electron chi connectivity index (χ0n) is 9.12. The minimum Gasteiger partial charge on any atom is -0.370 e. The lowest BCUT2D eigenvalue weighted by molar-refractivity contribution is -0.117. The number of nitrogens with one attached hydrogen (secondary N) is 1. The topological polar surface area (TPSA) is 55.1 Å². The fourth-order valence-corrected chi connectivity index (χ4v) is 1.45. The standard InChI is InChI=1S/C12H18N2O/c1-10-4-2-3-5-11(10)6-8-14-9-7-12(13)15/h2-5,14H,6-9H2,1H3,(H2,13,15). The predicted octanol–water partition coefficient (Wildman–Crippen LogP) is 1.00. The van der Waals surface area contributed by atoms with Crippen LogP contribution in [-0.2, 0) is 11.2 Å². The first-order valence-corrected chi connectivity index (χ1v) is 5.23. The number of nitrogens with two attached hydrogens (primary N) is 1. The first kappa shape index (κ1) is 11.7. The quantitative estimate of drug-likeness (QED) is 0.682. The number of hydrogen-bond donors (Lipinski definition) is 2. The molecule has 0 aliphatic rings. The summed E-state index contributed by atoms with van der Waals surface area (Å²) in [6, 6.07) is 8.33. The summed E-state index contributed by atoms with van der Waals surface area (Å²) in [5.74, 6) is -0.251. The van der Waals surface area contributed by atoms with Gasteiger partial charge in [0.1, 0.15) is 0 Å². The van der Waals surface area contributed by atoms with Crippen LogP contribution in [0.4, 0.5) is 0 Å². The van der Waals surface area contributed by atoms with E-state index in [4.69, 9.17) is 5.73 Å². The Balaban J connectivity index is 2.21. The molecular weight excluding hydrogens is 188 g/mol. The SMILES string of the molecule is Cc1ccccc1CCNCCC(N)=O. The molecule has 0 unspecified atom stereocenters. The van der Waals surface area contributed by atoms with E-state index >= 15 is 0 Å². The maximum Gasteiger partial charge on any atom is 0.218 e. The molecule has 0 aromatic heterocycles. The Hall–Kier alpha value is -1.35. The smallest absolute Gasteiger partial charge is 0.218 e. The molecule has 0 saturated heterocycles. The van der Waals surface area contributed by atoms with Gasteiger partial charge >= 0.3 is 0 Å². The maximum absolute atomic E-state index is 10.5. The first-order chi connectivity index (χ1) is 7.20. The van der Waals surface area contributed by atoms with E-state index in [-0.39, 0.29) is 5.91 Å². The lowest BCUT2D eigenvalue weighted by atomic mass is 10.1. The van der Waals surface area contributed by atoms with E-state index in [2.05, 4.69) is 24.4 Å². The van der Waals surface area contributed by atoms with Crippen LogP contribution in [0.15, 0.2) is 24.3 Å². The van der Waals surface area contributed by atoms with Gasteiger partial charge < -0.3 is 11.1 Å². The average molecular weight is 206 g/mol. The summed E-state index contributed by atoms with van der Waals surface area (Å²) < 4.78 is 0. The normalized spacial score (nSPS) is 10.2. The van der Waals surface area contributed by atoms with Gasteiger partial charge in [-0.05, 0) is 31.0 Å². The molecule has 0 heterocycles. The van der Waals surface area contributed by atoms with Crippen LogP contribution in [0.2, 0.25) is 0 Å². The van der Waals surface area contributed by atoms with Crippen LogP contribution in [0.25, 0.3) is 0 Å². The number of primary amides is 1. The highest BCUT2D eigenvalue weighted by molar-refractivity contribution is 5.73. The fourth-order valence-electron chi connectivity index (χ4n) is 1.45. The molecule has 82 valence electrons. The summed E-state index contributed by atoms with van der Waals surface area (Å²) in [5.41, 5.74) is 7.70. The predicted molar refractivity (Wildman–Crippen MR) is 61.6 cm³/mol. The second-order valence-electron chi connectivity index (χ2n) is 3.64. The third-order valence-corrected chi connectivity index (χ3v) is 2.38. The second-order valence-corrected chi connectivity index (χ2v) is 3.64. The Bertz CT molecular complexity index is 323. The van der Waals surface area contributed by atoms with Crippen molar-refractivity contribution in [1.29, 1.82) is 0 Å². The van der Waals surface area contributed by atoms with Crippen LogP contribution in [0.3, 0.4) is 0 Å². The summed E-state index contributed by atoms with van der Waals surface area (Å²) in [5, 5.41) is 3.19. The van der Waals surface area contributed by atoms with E-state index in [0.717, 1.165) is 13.0 Å². The highest BCUT2D eigenvalue weighted by atomic mass is 16.1. The van der Waals surface area contributed by atoms with Gasteiger partial charge in [0.2, 0.25) is 5.91 Å². The van der Waals surface area contributed by atoms with Gasteiger partial charge in [-0.25, -0.2) is 0 Å². The maximum atomic E-state index is 10.5. The van der Waals surface area contributed by atoms with Crippen LogP contribution in [0.5, 0.6) is 0 Å². The van der Waals surface area contributed by atoms with Crippen molar-refractivity contribution in [1.82, 2.24) is 5.32 Å². The number of rotatable bonds is 6. The molecule has 0 aliphatic heterocycles. The van der Waals surface area contributed by atoms with Crippen molar-refractivity contribution in [2.24, 2.45) is 5.73 Å². The first-order valence-electron chi connectivity index (χ1n) is 5.23. The van der Waals surface area contributed by atoms with E-state index in [1.807, 2.05) is 12.1 Å². The van der Waals surface area contributed by atoms with E-state index in [0.29, 0.717) is 13.0 Å². The summed E-state index contributed by atoms with van der Waals surface area (Å²) in [4.78, 5) is 10.5. The molecule has 1 amide bonds. The summed E-state index contributed by atoms with van der Waals surface area (Å²) in [7, 11) is 0. The van der Waals surface area contributed by atoms with Gasteiger partial charge in [-0.3, -0.25) is 4.79 Å². The van der Waals surface area contributed by atoms with Gasteiger partial charge in [0.05, 0.1) is 0 Å². The molecule has 0 spiro atoms. The van der Waals surface area contributed by atoms with E-state index in [9.17, 15) is 4.79 Å². The average Bonchev–Trinajstić information content (AvgIpc) is 2.20. The number of carbonyl (C=O) groups excluding carboxylic acids is 1. The zero-order valence-corrected chi connectivity index (χ0v) is 9.12. The Morgan fingerprint density at radius 1 is 1.33 bits per heavy atom. The van der Waals surface area contributed by atoms with Gasteiger partial charge in [-0.2, -0.15) is 0 Å². The Morgan fingerprint density at radius 3 is 2.73 bits per heavy atom. The highest BCUT2D eigenvalue weighted by Gasteiger charge is 1.97. The fraction of sp³-hybridized carbons (Fsp3) is 0.417. The van der Waals surface area contributed by atoms with Gasteiger partial charge in [0.25, 0.3) is 0 Å². The number of carbonyl (C=O) groups is 1. The van der Waals surface area contributed by atoms with Crippen molar-refractivity contribution in [3.63, 3.8) is 0 Å². The summed E-state index contributed by atoms with van der Waals surface area (Å²) >= 11 is 0. The van der Waals surface area contributed by atoms with Gasteiger partial charge in [-0.1, -0.05) is 24.3 Å². The molecule has 0 fully saturated rings. The van der Waals surface area contributed by atoms with Crippen molar-refractivity contribution in [2.75, 3.05) is 13.1 Å². The molecule has 3 nitrogen and oxygen atoms in total. The third-order valence-electron chi connectivity index (χ3n) is 2.38. The van der Waals surface area contributed by atoms with Gasteiger partial charge in [0.15, 0.2) is 0 Å². The second kappa shape index (κ2) is 6.19. The molecular formula is C12H18N2O. The van der Waals surface area contributed by atoms with E-state index in [1.165, 1.54) is 11.1 Å². The van der Waals surface area contributed by atoms with Crippen molar-refractivity contribution in [3.05, 3.63) is 35.4 Å². The zero-order chi connectivity index (χ0) is 11.1. The van der Waals surface area contributed by atoms with Crippen LogP contribution < -0.4 is 11.1 Å². The largest absolute Gasteiger partial charge is 0.370 e. The summed E-state index contributed by atoms with van der Waals surface area (Å²) in [6.45, 7) is 3.66.